The highest BCUT2D eigenvalue weighted by Gasteiger charge is 2.16. The van der Waals surface area contributed by atoms with Crippen molar-refractivity contribution >= 4 is 23.5 Å². The fourth-order valence-electron chi connectivity index (χ4n) is 1.04. The van der Waals surface area contributed by atoms with Crippen LogP contribution in [0, 0.1) is 12.3 Å². The van der Waals surface area contributed by atoms with Crippen molar-refractivity contribution in [3.63, 3.8) is 0 Å². The lowest BCUT2D eigenvalue weighted by molar-refractivity contribution is 0.726. The molecule has 17 heavy (non-hydrogen) atoms. The maximum Gasteiger partial charge on any atom is 0.229 e. The van der Waals surface area contributed by atoms with E-state index in [-0.39, 0.29) is 11.3 Å². The average Bonchev–Trinajstić information content (AvgIpc) is 2.14. The van der Waals surface area contributed by atoms with Crippen molar-refractivity contribution in [2.45, 2.75) is 39.3 Å². The summed E-state index contributed by atoms with van der Waals surface area (Å²) in [6, 6.07) is 0.210. The number of aromatic nitrogens is 3. The largest absolute Gasteiger partial charge is 0.352 e. The molecule has 0 fully saturated rings. The minimum atomic E-state index is -0.542. The fraction of sp³-hybridized carbons (Fsp3) is 0.545. The van der Waals surface area contributed by atoms with Gasteiger partial charge >= 0.3 is 0 Å². The van der Waals surface area contributed by atoms with Gasteiger partial charge in [0.25, 0.3) is 0 Å². The van der Waals surface area contributed by atoms with Gasteiger partial charge in [0.2, 0.25) is 17.2 Å². The van der Waals surface area contributed by atoms with Crippen molar-refractivity contribution in [3.05, 3.63) is 5.28 Å². The van der Waals surface area contributed by atoms with E-state index in [9.17, 15) is 0 Å². The van der Waals surface area contributed by atoms with Gasteiger partial charge in [0.05, 0.1) is 5.54 Å². The second-order valence-electron chi connectivity index (χ2n) is 4.45. The Morgan fingerprint density at radius 2 is 1.82 bits per heavy atom. The van der Waals surface area contributed by atoms with Crippen molar-refractivity contribution in [1.82, 2.24) is 15.0 Å². The van der Waals surface area contributed by atoms with Gasteiger partial charge in [-0.1, -0.05) is 5.92 Å². The number of anilines is 2. The van der Waals surface area contributed by atoms with Crippen molar-refractivity contribution in [2.24, 2.45) is 0 Å². The number of nitrogens with zero attached hydrogens (tertiary/aromatic N) is 3. The van der Waals surface area contributed by atoms with E-state index in [1.165, 1.54) is 0 Å². The van der Waals surface area contributed by atoms with Crippen LogP contribution in [0.25, 0.3) is 0 Å². The van der Waals surface area contributed by atoms with Crippen LogP contribution < -0.4 is 10.6 Å². The maximum atomic E-state index is 5.81. The van der Waals surface area contributed by atoms with Gasteiger partial charge in [-0.2, -0.15) is 15.0 Å². The van der Waals surface area contributed by atoms with Gasteiger partial charge in [-0.05, 0) is 39.3 Å². The molecule has 0 saturated carbocycles. The highest BCUT2D eigenvalue weighted by Crippen LogP contribution is 2.14. The summed E-state index contributed by atoms with van der Waals surface area (Å²) in [6.07, 6.45) is 5.38. The van der Waals surface area contributed by atoms with Gasteiger partial charge in [0, 0.05) is 6.04 Å². The lowest BCUT2D eigenvalue weighted by Gasteiger charge is -2.19. The van der Waals surface area contributed by atoms with Gasteiger partial charge in [-0.25, -0.2) is 0 Å². The van der Waals surface area contributed by atoms with Crippen LogP contribution in [-0.4, -0.2) is 26.5 Å². The van der Waals surface area contributed by atoms with Gasteiger partial charge < -0.3 is 10.6 Å². The highest BCUT2D eigenvalue weighted by molar-refractivity contribution is 6.28. The van der Waals surface area contributed by atoms with Gasteiger partial charge in [0.15, 0.2) is 0 Å². The molecule has 0 aliphatic rings. The number of hydrogen-bond donors (Lipinski definition) is 2. The summed E-state index contributed by atoms with van der Waals surface area (Å²) < 4.78 is 0. The summed E-state index contributed by atoms with van der Waals surface area (Å²) in [5.41, 5.74) is -0.542. The normalized spacial score (nSPS) is 11.1. The van der Waals surface area contributed by atoms with E-state index in [4.69, 9.17) is 18.0 Å². The maximum absolute atomic E-state index is 5.81. The zero-order valence-electron chi connectivity index (χ0n) is 10.4. The van der Waals surface area contributed by atoms with E-state index in [2.05, 4.69) is 31.5 Å². The van der Waals surface area contributed by atoms with Crippen LogP contribution in [0.15, 0.2) is 0 Å². The third kappa shape index (κ3) is 4.45. The van der Waals surface area contributed by atoms with E-state index in [1.807, 2.05) is 27.7 Å². The molecule has 0 saturated heterocycles. The van der Waals surface area contributed by atoms with E-state index < -0.39 is 5.54 Å². The summed E-state index contributed by atoms with van der Waals surface area (Å²) >= 11 is 5.81. The molecule has 0 unspecified atom stereocenters. The minimum absolute atomic E-state index is 0.124. The summed E-state index contributed by atoms with van der Waals surface area (Å²) in [6.45, 7) is 7.66. The molecule has 0 aliphatic heterocycles. The van der Waals surface area contributed by atoms with Crippen LogP contribution in [0.1, 0.15) is 27.7 Å². The first-order valence-electron chi connectivity index (χ1n) is 5.26. The molecule has 1 aromatic heterocycles. The lowest BCUT2D eigenvalue weighted by Crippen LogP contribution is -2.30. The predicted octanol–water partition coefficient (Wildman–Crippen LogP) is 2.17. The van der Waals surface area contributed by atoms with Crippen LogP contribution in [0.4, 0.5) is 11.9 Å². The molecule has 5 nitrogen and oxygen atoms in total. The third-order valence-corrected chi connectivity index (χ3v) is 1.98. The Balaban J connectivity index is 2.94. The number of rotatable bonds is 4. The Kier molecular flexibility index (Phi) is 4.13. The first-order chi connectivity index (χ1) is 7.82. The van der Waals surface area contributed by atoms with Crippen LogP contribution >= 0.6 is 11.6 Å². The minimum Gasteiger partial charge on any atom is -0.352 e. The van der Waals surface area contributed by atoms with Crippen molar-refractivity contribution in [2.75, 3.05) is 10.6 Å². The molecule has 1 rings (SSSR count). The first-order valence-corrected chi connectivity index (χ1v) is 5.64. The van der Waals surface area contributed by atoms with E-state index >= 15 is 0 Å². The zero-order chi connectivity index (χ0) is 13.1. The van der Waals surface area contributed by atoms with E-state index in [0.29, 0.717) is 11.9 Å². The topological polar surface area (TPSA) is 62.7 Å². The Hall–Kier alpha value is -1.54. The number of halogens is 1. The summed E-state index contributed by atoms with van der Waals surface area (Å²) in [7, 11) is 0. The highest BCUT2D eigenvalue weighted by atomic mass is 35.5. The van der Waals surface area contributed by atoms with Crippen LogP contribution in [0.5, 0.6) is 0 Å². The van der Waals surface area contributed by atoms with Crippen LogP contribution in [0.2, 0.25) is 5.28 Å². The molecule has 92 valence electrons. The number of hydrogen-bond acceptors (Lipinski definition) is 5. The summed E-state index contributed by atoms with van der Waals surface area (Å²) in [5, 5.41) is 6.17. The molecular weight excluding hydrogens is 238 g/mol. The van der Waals surface area contributed by atoms with Crippen molar-refractivity contribution in [3.8, 4) is 12.3 Å². The molecule has 1 aromatic rings. The SMILES string of the molecule is C#CC(C)(C)Nc1nc(Cl)nc(NC(C)C)n1. The smallest absolute Gasteiger partial charge is 0.229 e. The van der Waals surface area contributed by atoms with Gasteiger partial charge in [-0.15, -0.1) is 6.42 Å². The number of terminal acetylenes is 1. The molecule has 6 heteroatoms. The monoisotopic (exact) mass is 253 g/mol. The molecule has 0 aliphatic carbocycles. The summed E-state index contributed by atoms with van der Waals surface area (Å²) in [5.74, 6) is 3.38. The van der Waals surface area contributed by atoms with Crippen molar-refractivity contribution < 1.29 is 0 Å². The van der Waals surface area contributed by atoms with Gasteiger partial charge in [0.1, 0.15) is 0 Å². The molecule has 2 N–H and O–H groups in total. The molecule has 1 heterocycles. The average molecular weight is 254 g/mol. The van der Waals surface area contributed by atoms with Crippen LogP contribution in [-0.2, 0) is 0 Å². The van der Waals surface area contributed by atoms with Crippen LogP contribution in [0.3, 0.4) is 0 Å². The quantitative estimate of drug-likeness (QED) is 0.806. The molecule has 0 spiro atoms. The second kappa shape index (κ2) is 5.19. The van der Waals surface area contributed by atoms with E-state index in [1.54, 1.807) is 0 Å². The molecule has 0 radical (unpaired) electrons. The molecule has 0 amide bonds. The standard InChI is InChI=1S/C11H16ClN5/c1-6-11(4,5)17-10-15-8(12)14-9(16-10)13-7(2)3/h1,7H,2-5H3,(H2,13,14,15,16,17). The fourth-order valence-corrected chi connectivity index (χ4v) is 1.20. The second-order valence-corrected chi connectivity index (χ2v) is 4.78. The third-order valence-electron chi connectivity index (χ3n) is 1.81. The molecule has 0 atom stereocenters. The predicted molar refractivity (Wildman–Crippen MR) is 70.1 cm³/mol. The molecule has 0 aromatic carbocycles. The number of nitrogens with one attached hydrogen (secondary N) is 2. The summed E-state index contributed by atoms with van der Waals surface area (Å²) in [4.78, 5) is 12.1. The Bertz CT molecular complexity index is 436. The van der Waals surface area contributed by atoms with Gasteiger partial charge in [-0.3, -0.25) is 0 Å². The molecule has 0 bridgehead atoms. The Morgan fingerprint density at radius 1 is 1.24 bits per heavy atom. The molecular formula is C11H16ClN5. The Morgan fingerprint density at radius 3 is 2.35 bits per heavy atom. The lowest BCUT2D eigenvalue weighted by atomic mass is 10.1. The first kappa shape index (κ1) is 13.5. The Labute approximate surface area is 106 Å². The van der Waals surface area contributed by atoms with Crippen molar-refractivity contribution in [1.29, 1.82) is 0 Å². The zero-order valence-corrected chi connectivity index (χ0v) is 11.1. The van der Waals surface area contributed by atoms with E-state index in [0.717, 1.165) is 0 Å².